The third-order valence-electron chi connectivity index (χ3n) is 2.51. The van der Waals surface area contributed by atoms with E-state index in [0.29, 0.717) is 12.8 Å². The molecule has 88 valence electrons. The minimum absolute atomic E-state index is 0.109. The Kier molecular flexibility index (Phi) is 4.78. The Morgan fingerprint density at radius 2 is 1.87 bits per heavy atom. The predicted molar refractivity (Wildman–Crippen MR) is 58.5 cm³/mol. The topological polar surface area (TPSA) is 57.6 Å². The number of carbonyl (C=O) groups is 2. The molecule has 0 aliphatic carbocycles. The van der Waals surface area contributed by atoms with Gasteiger partial charge in [0.25, 0.3) is 0 Å². The van der Waals surface area contributed by atoms with Gasteiger partial charge in [-0.05, 0) is 33.1 Å². The molecular weight excluding hydrogens is 194 g/mol. The number of hydrogen-bond acceptors (Lipinski definition) is 2. The van der Waals surface area contributed by atoms with Crippen molar-refractivity contribution in [3.8, 4) is 0 Å². The van der Waals surface area contributed by atoms with Crippen LogP contribution in [0.3, 0.4) is 0 Å². The average Bonchev–Trinajstić information content (AvgIpc) is 2.02. The van der Waals surface area contributed by atoms with Crippen LogP contribution >= 0.6 is 0 Å². The van der Waals surface area contributed by atoms with E-state index in [9.17, 15) is 14.7 Å². The first-order chi connectivity index (χ1) is 6.75. The Balaban J connectivity index is 5.06. The monoisotopic (exact) mass is 215 g/mol. The average molecular weight is 215 g/mol. The zero-order valence-electron chi connectivity index (χ0n) is 10.2. The number of aliphatic carboxylic acids is 1. The molecule has 0 bridgehead atoms. The van der Waals surface area contributed by atoms with Crippen molar-refractivity contribution in [2.24, 2.45) is 5.92 Å². The second-order valence-corrected chi connectivity index (χ2v) is 4.78. The van der Waals surface area contributed by atoms with Gasteiger partial charge >= 0.3 is 5.97 Å². The van der Waals surface area contributed by atoms with Crippen LogP contribution < -0.4 is 0 Å². The molecule has 0 fully saturated rings. The van der Waals surface area contributed by atoms with Crippen molar-refractivity contribution in [2.75, 3.05) is 0 Å². The van der Waals surface area contributed by atoms with Crippen molar-refractivity contribution in [1.29, 1.82) is 0 Å². The van der Waals surface area contributed by atoms with Gasteiger partial charge in [-0.1, -0.05) is 13.8 Å². The minimum Gasteiger partial charge on any atom is -0.480 e. The van der Waals surface area contributed by atoms with E-state index in [0.717, 1.165) is 0 Å². The fraction of sp³-hybridized carbons (Fsp3) is 0.818. The van der Waals surface area contributed by atoms with E-state index in [1.165, 1.54) is 4.90 Å². The van der Waals surface area contributed by atoms with Crippen molar-refractivity contribution in [1.82, 2.24) is 4.90 Å². The van der Waals surface area contributed by atoms with E-state index in [4.69, 9.17) is 0 Å². The van der Waals surface area contributed by atoms with Crippen LogP contribution in [-0.2, 0) is 9.59 Å². The molecule has 0 saturated carbocycles. The summed E-state index contributed by atoms with van der Waals surface area (Å²) in [5.74, 6) is -0.718. The summed E-state index contributed by atoms with van der Waals surface area (Å²) >= 11 is 0. The van der Waals surface area contributed by atoms with Crippen LogP contribution in [0.2, 0.25) is 0 Å². The number of carboxylic acid groups (broad SMARTS) is 1. The van der Waals surface area contributed by atoms with Crippen LogP contribution in [0.1, 0.15) is 41.0 Å². The Morgan fingerprint density at radius 1 is 1.40 bits per heavy atom. The van der Waals surface area contributed by atoms with E-state index in [2.05, 4.69) is 0 Å². The number of hydrogen-bond donors (Lipinski definition) is 1. The zero-order chi connectivity index (χ0) is 12.2. The van der Waals surface area contributed by atoms with Gasteiger partial charge in [-0.3, -0.25) is 4.79 Å². The predicted octanol–water partition coefficient (Wildman–Crippen LogP) is 1.74. The SMILES string of the molecule is CC(C)CC(C)(C(=O)O)N(C=O)C(C)C. The quantitative estimate of drug-likeness (QED) is 0.687. The molecule has 0 rings (SSSR count). The Morgan fingerprint density at radius 3 is 2.07 bits per heavy atom. The molecule has 0 aliphatic rings. The molecule has 0 aromatic carbocycles. The largest absolute Gasteiger partial charge is 0.480 e. The van der Waals surface area contributed by atoms with Gasteiger partial charge < -0.3 is 10.0 Å². The molecule has 4 nitrogen and oxygen atoms in total. The molecule has 1 N–H and O–H groups in total. The summed E-state index contributed by atoms with van der Waals surface area (Å²) in [5, 5.41) is 9.23. The van der Waals surface area contributed by atoms with Crippen LogP contribution in [0, 0.1) is 5.92 Å². The molecule has 0 aromatic rings. The number of rotatable bonds is 6. The second-order valence-electron chi connectivity index (χ2n) is 4.78. The maximum Gasteiger partial charge on any atom is 0.329 e. The summed E-state index contributed by atoms with van der Waals surface area (Å²) in [4.78, 5) is 23.6. The van der Waals surface area contributed by atoms with Crippen LogP contribution in [0.5, 0.6) is 0 Å². The summed E-state index contributed by atoms with van der Waals surface area (Å²) in [5.41, 5.74) is -1.11. The lowest BCUT2D eigenvalue weighted by atomic mass is 9.88. The molecule has 0 heterocycles. The van der Waals surface area contributed by atoms with Crippen molar-refractivity contribution >= 4 is 12.4 Å². The molecule has 0 aliphatic heterocycles. The lowest BCUT2D eigenvalue weighted by molar-refractivity contribution is -0.157. The number of carboxylic acids is 1. The van der Waals surface area contributed by atoms with E-state index >= 15 is 0 Å². The van der Waals surface area contributed by atoms with Gasteiger partial charge in [0.15, 0.2) is 0 Å². The fourth-order valence-corrected chi connectivity index (χ4v) is 1.91. The van der Waals surface area contributed by atoms with Crippen molar-refractivity contribution in [2.45, 2.75) is 52.6 Å². The van der Waals surface area contributed by atoms with E-state index in [1.54, 1.807) is 6.92 Å². The van der Waals surface area contributed by atoms with Gasteiger partial charge in [-0.25, -0.2) is 4.79 Å². The highest BCUT2D eigenvalue weighted by molar-refractivity contribution is 5.81. The molecule has 0 radical (unpaired) electrons. The first kappa shape index (κ1) is 13.9. The van der Waals surface area contributed by atoms with Crippen LogP contribution in [0.25, 0.3) is 0 Å². The van der Waals surface area contributed by atoms with Gasteiger partial charge in [-0.2, -0.15) is 0 Å². The lowest BCUT2D eigenvalue weighted by Gasteiger charge is -2.39. The van der Waals surface area contributed by atoms with Gasteiger partial charge in [0.2, 0.25) is 6.41 Å². The molecule has 0 spiro atoms. The Hall–Kier alpha value is -1.06. The molecular formula is C11H21NO3. The first-order valence-corrected chi connectivity index (χ1v) is 5.22. The maximum atomic E-state index is 11.3. The minimum atomic E-state index is -1.11. The van der Waals surface area contributed by atoms with Gasteiger partial charge in [0.1, 0.15) is 5.54 Å². The third kappa shape index (κ3) is 3.22. The summed E-state index contributed by atoms with van der Waals surface area (Å²) in [6.45, 7) is 9.13. The number of carbonyl (C=O) groups excluding carboxylic acids is 1. The third-order valence-corrected chi connectivity index (χ3v) is 2.51. The highest BCUT2D eigenvalue weighted by atomic mass is 16.4. The van der Waals surface area contributed by atoms with Crippen LogP contribution in [0.4, 0.5) is 0 Å². The van der Waals surface area contributed by atoms with Crippen molar-refractivity contribution in [3.63, 3.8) is 0 Å². The van der Waals surface area contributed by atoms with Gasteiger partial charge in [0.05, 0.1) is 0 Å². The fourth-order valence-electron chi connectivity index (χ4n) is 1.91. The van der Waals surface area contributed by atoms with Crippen molar-refractivity contribution < 1.29 is 14.7 Å². The molecule has 0 aromatic heterocycles. The first-order valence-electron chi connectivity index (χ1n) is 5.22. The van der Waals surface area contributed by atoms with E-state index in [1.807, 2.05) is 27.7 Å². The Labute approximate surface area is 91.3 Å². The molecule has 1 atom stereocenters. The molecule has 1 unspecified atom stereocenters. The lowest BCUT2D eigenvalue weighted by Crippen LogP contribution is -2.55. The second kappa shape index (κ2) is 5.14. The smallest absolute Gasteiger partial charge is 0.329 e. The summed E-state index contributed by atoms with van der Waals surface area (Å²) in [7, 11) is 0. The standard InChI is InChI=1S/C11H21NO3/c1-8(2)6-11(5,10(14)15)12(7-13)9(3)4/h7-9H,6H2,1-5H3,(H,14,15). The molecule has 1 amide bonds. The summed E-state index contributed by atoms with van der Waals surface area (Å²) < 4.78 is 0. The summed E-state index contributed by atoms with van der Waals surface area (Å²) in [6.07, 6.45) is 1.08. The number of amides is 1. The summed E-state index contributed by atoms with van der Waals surface area (Å²) in [6, 6.07) is -0.109. The highest BCUT2D eigenvalue weighted by Gasteiger charge is 2.40. The van der Waals surface area contributed by atoms with E-state index in [-0.39, 0.29) is 12.0 Å². The van der Waals surface area contributed by atoms with E-state index < -0.39 is 11.5 Å². The zero-order valence-corrected chi connectivity index (χ0v) is 10.2. The normalized spacial score (nSPS) is 15.1. The van der Waals surface area contributed by atoms with Gasteiger partial charge in [0, 0.05) is 6.04 Å². The Bertz CT molecular complexity index is 238. The number of nitrogens with zero attached hydrogens (tertiary/aromatic N) is 1. The van der Waals surface area contributed by atoms with Crippen molar-refractivity contribution in [3.05, 3.63) is 0 Å². The van der Waals surface area contributed by atoms with Crippen LogP contribution in [-0.4, -0.2) is 34.0 Å². The molecule has 15 heavy (non-hydrogen) atoms. The maximum absolute atomic E-state index is 11.3. The van der Waals surface area contributed by atoms with Crippen LogP contribution in [0.15, 0.2) is 0 Å². The molecule has 0 saturated heterocycles. The molecule has 4 heteroatoms. The highest BCUT2D eigenvalue weighted by Crippen LogP contribution is 2.25. The van der Waals surface area contributed by atoms with Gasteiger partial charge in [-0.15, -0.1) is 0 Å².